The molecule has 8 heteroatoms. The van der Waals surface area contributed by atoms with Gasteiger partial charge in [0, 0.05) is 51.6 Å². The van der Waals surface area contributed by atoms with E-state index in [9.17, 15) is 14.4 Å². The molecule has 1 aromatic carbocycles. The minimum Gasteiger partial charge on any atom is -0.388 e. The average molecular weight is 462 g/mol. The Bertz CT molecular complexity index is 729. The van der Waals surface area contributed by atoms with Crippen LogP contribution in [0.5, 0.6) is 0 Å². The molecular weight excluding hydrogens is 418 g/mol. The Labute approximate surface area is 199 Å². The molecule has 0 atom stereocenters. The Morgan fingerprint density at radius 1 is 0.818 bits per heavy atom. The summed E-state index contributed by atoms with van der Waals surface area (Å²) in [5.74, 6) is -0.130. The normalized spacial score (nSPS) is 11.2. The fraction of sp³-hybridized carbons (Fsp3) is 0.640. The summed E-state index contributed by atoms with van der Waals surface area (Å²) in [6.45, 7) is 9.64. The zero-order chi connectivity index (χ0) is 24.7. The van der Waals surface area contributed by atoms with Crippen molar-refractivity contribution in [2.75, 3.05) is 45.6 Å². The van der Waals surface area contributed by atoms with Gasteiger partial charge in [0.15, 0.2) is 0 Å². The quantitative estimate of drug-likeness (QED) is 0.301. The third kappa shape index (κ3) is 15.0. The Morgan fingerprint density at radius 3 is 1.85 bits per heavy atom. The van der Waals surface area contributed by atoms with Gasteiger partial charge >= 0.3 is 0 Å². The average Bonchev–Trinajstić information content (AvgIpc) is 2.76. The first-order chi connectivity index (χ1) is 15.6. The van der Waals surface area contributed by atoms with Gasteiger partial charge in [-0.05, 0) is 56.1 Å². The van der Waals surface area contributed by atoms with E-state index in [0.29, 0.717) is 26.1 Å². The van der Waals surface area contributed by atoms with Gasteiger partial charge in [-0.3, -0.25) is 14.4 Å². The highest BCUT2D eigenvalue weighted by atomic mass is 16.2. The monoisotopic (exact) mass is 461 g/mol. The van der Waals surface area contributed by atoms with Crippen LogP contribution in [-0.4, -0.2) is 62.9 Å². The highest BCUT2D eigenvalue weighted by molar-refractivity contribution is 5.83. The lowest BCUT2D eigenvalue weighted by Gasteiger charge is -2.19. The SMILES string of the molecule is CNc1ccc(CNC(=O)CCC(=O)NCCCN(C)CCCNC(=O)CC(C)(C)C)cc1. The molecule has 0 radical (unpaired) electrons. The second kappa shape index (κ2) is 15.3. The molecular formula is C25H43N5O3. The Morgan fingerprint density at radius 2 is 1.33 bits per heavy atom. The number of nitrogens with zero attached hydrogens (tertiary/aromatic N) is 1. The van der Waals surface area contributed by atoms with E-state index in [0.717, 1.165) is 37.2 Å². The second-order valence-electron chi connectivity index (χ2n) is 9.67. The van der Waals surface area contributed by atoms with Crippen molar-refractivity contribution in [2.24, 2.45) is 5.41 Å². The number of hydrogen-bond donors (Lipinski definition) is 4. The standard InChI is InChI=1S/C25H43N5O3/c1-25(2,3)18-24(33)28-15-7-17-30(5)16-6-14-27-22(31)12-13-23(32)29-19-20-8-10-21(26-4)11-9-20/h8-11,26H,6-7,12-19H2,1-5H3,(H,27,31)(H,28,33)(H,29,32). The number of carbonyl (C=O) groups is 3. The molecule has 0 fully saturated rings. The number of carbonyl (C=O) groups excluding carboxylic acids is 3. The second-order valence-corrected chi connectivity index (χ2v) is 9.67. The minimum absolute atomic E-state index is 0.00821. The zero-order valence-electron chi connectivity index (χ0n) is 21.1. The van der Waals surface area contributed by atoms with Crippen LogP contribution in [0, 0.1) is 5.41 Å². The third-order valence-electron chi connectivity index (χ3n) is 5.08. The summed E-state index contributed by atoms with van der Waals surface area (Å²) in [6.07, 6.45) is 2.64. The first kappa shape index (κ1) is 28.4. The van der Waals surface area contributed by atoms with Crippen molar-refractivity contribution >= 4 is 23.4 Å². The number of hydrogen-bond acceptors (Lipinski definition) is 5. The van der Waals surface area contributed by atoms with Crippen molar-refractivity contribution in [1.82, 2.24) is 20.9 Å². The van der Waals surface area contributed by atoms with Gasteiger partial charge in [0.1, 0.15) is 0 Å². The fourth-order valence-corrected chi connectivity index (χ4v) is 3.20. The Hall–Kier alpha value is -2.61. The molecule has 0 aliphatic carbocycles. The van der Waals surface area contributed by atoms with Crippen LogP contribution >= 0.6 is 0 Å². The smallest absolute Gasteiger partial charge is 0.220 e. The third-order valence-corrected chi connectivity index (χ3v) is 5.08. The molecule has 1 rings (SSSR count). The van der Waals surface area contributed by atoms with E-state index in [4.69, 9.17) is 0 Å². The van der Waals surface area contributed by atoms with E-state index in [1.807, 2.05) is 38.4 Å². The van der Waals surface area contributed by atoms with Crippen LogP contribution in [0.15, 0.2) is 24.3 Å². The summed E-state index contributed by atoms with van der Waals surface area (Å²) in [5, 5.41) is 11.7. The molecule has 0 bridgehead atoms. The van der Waals surface area contributed by atoms with Gasteiger partial charge in [-0.15, -0.1) is 0 Å². The first-order valence-electron chi connectivity index (χ1n) is 11.8. The maximum absolute atomic E-state index is 12.0. The molecule has 0 aromatic heterocycles. The molecule has 33 heavy (non-hydrogen) atoms. The maximum atomic E-state index is 12.0. The number of anilines is 1. The molecule has 0 saturated carbocycles. The molecule has 0 unspecified atom stereocenters. The van der Waals surface area contributed by atoms with Crippen LogP contribution in [0.1, 0.15) is 58.4 Å². The molecule has 0 aliphatic heterocycles. The lowest BCUT2D eigenvalue weighted by molar-refractivity contribution is -0.126. The molecule has 8 nitrogen and oxygen atoms in total. The Balaban J connectivity index is 2.03. The number of rotatable bonds is 15. The van der Waals surface area contributed by atoms with Crippen molar-refractivity contribution in [1.29, 1.82) is 0 Å². The Kier molecular flexibility index (Phi) is 13.1. The molecule has 4 N–H and O–H groups in total. The predicted molar refractivity (Wildman–Crippen MR) is 134 cm³/mol. The van der Waals surface area contributed by atoms with E-state index >= 15 is 0 Å². The lowest BCUT2D eigenvalue weighted by Crippen LogP contribution is -2.32. The van der Waals surface area contributed by atoms with Crippen molar-refractivity contribution < 1.29 is 14.4 Å². The topological polar surface area (TPSA) is 103 Å². The summed E-state index contributed by atoms with van der Waals surface area (Å²) in [7, 11) is 3.90. The van der Waals surface area contributed by atoms with E-state index in [2.05, 4.69) is 46.9 Å². The van der Waals surface area contributed by atoms with Crippen LogP contribution in [0.2, 0.25) is 0 Å². The molecule has 0 heterocycles. The summed E-state index contributed by atoms with van der Waals surface area (Å²) < 4.78 is 0. The molecule has 0 spiro atoms. The summed E-state index contributed by atoms with van der Waals surface area (Å²) in [5.41, 5.74) is 2.05. The molecule has 3 amide bonds. The largest absolute Gasteiger partial charge is 0.388 e. The summed E-state index contributed by atoms with van der Waals surface area (Å²) in [4.78, 5) is 37.9. The first-order valence-corrected chi connectivity index (χ1v) is 11.8. The van der Waals surface area contributed by atoms with E-state index in [-0.39, 0.29) is 36.0 Å². The zero-order valence-corrected chi connectivity index (χ0v) is 21.1. The summed E-state index contributed by atoms with van der Waals surface area (Å²) >= 11 is 0. The molecule has 0 saturated heterocycles. The van der Waals surface area contributed by atoms with Gasteiger partial charge in [0.2, 0.25) is 17.7 Å². The number of nitrogens with one attached hydrogen (secondary N) is 4. The fourth-order valence-electron chi connectivity index (χ4n) is 3.20. The van der Waals surface area contributed by atoms with Crippen LogP contribution in [0.4, 0.5) is 5.69 Å². The van der Waals surface area contributed by atoms with E-state index < -0.39 is 0 Å². The predicted octanol–water partition coefficient (Wildman–Crippen LogP) is 2.51. The van der Waals surface area contributed by atoms with Crippen molar-refractivity contribution in [2.45, 2.75) is 59.4 Å². The van der Waals surface area contributed by atoms with Crippen molar-refractivity contribution in [3.8, 4) is 0 Å². The molecule has 0 aliphatic rings. The molecule has 1 aromatic rings. The highest BCUT2D eigenvalue weighted by Crippen LogP contribution is 2.17. The van der Waals surface area contributed by atoms with Crippen molar-refractivity contribution in [3.63, 3.8) is 0 Å². The number of benzene rings is 1. The van der Waals surface area contributed by atoms with Crippen LogP contribution in [0.3, 0.4) is 0 Å². The van der Waals surface area contributed by atoms with Gasteiger partial charge in [0.25, 0.3) is 0 Å². The van der Waals surface area contributed by atoms with Crippen LogP contribution in [0.25, 0.3) is 0 Å². The van der Waals surface area contributed by atoms with Crippen LogP contribution < -0.4 is 21.3 Å². The van der Waals surface area contributed by atoms with Gasteiger partial charge in [-0.1, -0.05) is 32.9 Å². The van der Waals surface area contributed by atoms with Gasteiger partial charge < -0.3 is 26.2 Å². The summed E-state index contributed by atoms with van der Waals surface area (Å²) in [6, 6.07) is 7.83. The maximum Gasteiger partial charge on any atom is 0.220 e. The van der Waals surface area contributed by atoms with Crippen LogP contribution in [-0.2, 0) is 20.9 Å². The van der Waals surface area contributed by atoms with E-state index in [1.165, 1.54) is 0 Å². The number of amides is 3. The van der Waals surface area contributed by atoms with Gasteiger partial charge in [-0.2, -0.15) is 0 Å². The molecule has 186 valence electrons. The van der Waals surface area contributed by atoms with Gasteiger partial charge in [-0.25, -0.2) is 0 Å². The van der Waals surface area contributed by atoms with E-state index in [1.54, 1.807) is 0 Å². The van der Waals surface area contributed by atoms with Crippen molar-refractivity contribution in [3.05, 3.63) is 29.8 Å². The lowest BCUT2D eigenvalue weighted by atomic mass is 9.92. The van der Waals surface area contributed by atoms with Gasteiger partial charge in [0.05, 0.1) is 0 Å². The minimum atomic E-state index is -0.128. The highest BCUT2D eigenvalue weighted by Gasteiger charge is 2.15.